The molecule has 0 unspecified atom stereocenters. The van der Waals surface area contributed by atoms with Crippen LogP contribution in [0.2, 0.25) is 0 Å². The second kappa shape index (κ2) is 11.2. The van der Waals surface area contributed by atoms with E-state index in [-0.39, 0.29) is 16.9 Å². The van der Waals surface area contributed by atoms with Crippen LogP contribution in [0.1, 0.15) is 48.9 Å². The number of unbranched alkanes of at least 4 members (excludes halogenated alkanes) is 1. The third-order valence-electron chi connectivity index (χ3n) is 6.32. The van der Waals surface area contributed by atoms with Gasteiger partial charge in [-0.05, 0) is 58.7 Å². The van der Waals surface area contributed by atoms with Gasteiger partial charge in [-0.25, -0.2) is 13.2 Å². The number of rotatable bonds is 8. The van der Waals surface area contributed by atoms with Crippen LogP contribution in [0.4, 0.5) is 13.2 Å². The standard InChI is InChI=1S/C32H29F3/c1-3-5-6-27-18-13-24(21-30(27)33)8-7-23-11-16-26(17-12-23)29-20-19-28(31(34)32(29)35)25-14-9-22(4-2)10-15-25/h7-21H,3-6H2,1-2H3. The molecule has 4 aromatic carbocycles. The zero-order valence-corrected chi connectivity index (χ0v) is 20.1. The molecular weight excluding hydrogens is 441 g/mol. The van der Waals surface area contributed by atoms with E-state index in [9.17, 15) is 13.2 Å². The lowest BCUT2D eigenvalue weighted by Gasteiger charge is -2.10. The van der Waals surface area contributed by atoms with Crippen LogP contribution >= 0.6 is 0 Å². The Bertz CT molecular complexity index is 1320. The van der Waals surface area contributed by atoms with Gasteiger partial charge < -0.3 is 0 Å². The number of hydrogen-bond donors (Lipinski definition) is 0. The predicted molar refractivity (Wildman–Crippen MR) is 141 cm³/mol. The SMILES string of the molecule is CCCCc1ccc(C=Cc2ccc(-c3ccc(-c4ccc(CC)cc4)c(F)c3F)cc2)cc1F. The maximum absolute atomic E-state index is 15.0. The van der Waals surface area contributed by atoms with Crippen LogP contribution in [-0.4, -0.2) is 0 Å². The van der Waals surface area contributed by atoms with Crippen molar-refractivity contribution in [1.82, 2.24) is 0 Å². The van der Waals surface area contributed by atoms with E-state index in [1.807, 2.05) is 60.7 Å². The normalized spacial score (nSPS) is 11.3. The molecule has 35 heavy (non-hydrogen) atoms. The first-order chi connectivity index (χ1) is 17.0. The van der Waals surface area contributed by atoms with Gasteiger partial charge in [0.1, 0.15) is 5.82 Å². The summed E-state index contributed by atoms with van der Waals surface area (Å²) in [5.74, 6) is -1.89. The van der Waals surface area contributed by atoms with Gasteiger partial charge >= 0.3 is 0 Å². The molecule has 0 aliphatic carbocycles. The van der Waals surface area contributed by atoms with Crippen LogP contribution in [0.5, 0.6) is 0 Å². The zero-order chi connectivity index (χ0) is 24.8. The number of hydrogen-bond acceptors (Lipinski definition) is 0. The molecule has 0 saturated carbocycles. The van der Waals surface area contributed by atoms with Crippen molar-refractivity contribution >= 4 is 12.2 Å². The summed E-state index contributed by atoms with van der Waals surface area (Å²) in [5, 5.41) is 0. The molecule has 0 heterocycles. The lowest BCUT2D eigenvalue weighted by atomic mass is 9.97. The van der Waals surface area contributed by atoms with E-state index in [0.29, 0.717) is 11.1 Å². The number of halogens is 3. The third-order valence-corrected chi connectivity index (χ3v) is 6.32. The van der Waals surface area contributed by atoms with Crippen molar-refractivity contribution in [2.75, 3.05) is 0 Å². The van der Waals surface area contributed by atoms with Crippen molar-refractivity contribution in [3.8, 4) is 22.3 Å². The average Bonchev–Trinajstić information content (AvgIpc) is 2.89. The van der Waals surface area contributed by atoms with Crippen LogP contribution in [0, 0.1) is 17.5 Å². The molecule has 178 valence electrons. The molecule has 0 radical (unpaired) electrons. The molecule has 0 nitrogen and oxygen atoms in total. The Morgan fingerprint density at radius 3 is 1.71 bits per heavy atom. The largest absolute Gasteiger partial charge is 0.207 e. The summed E-state index contributed by atoms with van der Waals surface area (Å²) >= 11 is 0. The first-order valence-electron chi connectivity index (χ1n) is 12.1. The lowest BCUT2D eigenvalue weighted by molar-refractivity contribution is 0.514. The first-order valence-corrected chi connectivity index (χ1v) is 12.1. The lowest BCUT2D eigenvalue weighted by Crippen LogP contribution is -1.94. The second-order valence-corrected chi connectivity index (χ2v) is 8.75. The highest BCUT2D eigenvalue weighted by atomic mass is 19.2. The predicted octanol–water partition coefficient (Wildman–Crippen LogP) is 9.51. The summed E-state index contributed by atoms with van der Waals surface area (Å²) in [6.45, 7) is 4.14. The highest BCUT2D eigenvalue weighted by Gasteiger charge is 2.16. The molecule has 0 spiro atoms. The van der Waals surface area contributed by atoms with Gasteiger partial charge in [-0.2, -0.15) is 0 Å². The van der Waals surface area contributed by atoms with Crippen LogP contribution in [0.25, 0.3) is 34.4 Å². The highest BCUT2D eigenvalue weighted by molar-refractivity contribution is 5.74. The minimum absolute atomic E-state index is 0.182. The minimum Gasteiger partial charge on any atom is -0.207 e. The molecule has 0 saturated heterocycles. The third kappa shape index (κ3) is 5.74. The molecule has 3 heteroatoms. The van der Waals surface area contributed by atoms with Gasteiger partial charge in [0.15, 0.2) is 11.6 Å². The van der Waals surface area contributed by atoms with Crippen molar-refractivity contribution in [3.63, 3.8) is 0 Å². The number of benzene rings is 4. The Morgan fingerprint density at radius 2 is 1.17 bits per heavy atom. The zero-order valence-electron chi connectivity index (χ0n) is 20.1. The van der Waals surface area contributed by atoms with E-state index in [4.69, 9.17) is 0 Å². The summed E-state index contributed by atoms with van der Waals surface area (Å²) in [6.07, 6.45) is 7.37. The Morgan fingerprint density at radius 1 is 0.629 bits per heavy atom. The molecule has 0 N–H and O–H groups in total. The molecule has 0 amide bonds. The van der Waals surface area contributed by atoms with Gasteiger partial charge in [-0.3, -0.25) is 0 Å². The quantitative estimate of drug-likeness (QED) is 0.225. The summed E-state index contributed by atoms with van der Waals surface area (Å²) < 4.78 is 44.2. The second-order valence-electron chi connectivity index (χ2n) is 8.75. The fourth-order valence-corrected chi connectivity index (χ4v) is 4.12. The van der Waals surface area contributed by atoms with Crippen molar-refractivity contribution < 1.29 is 13.2 Å². The van der Waals surface area contributed by atoms with Crippen molar-refractivity contribution in [2.24, 2.45) is 0 Å². The fraction of sp³-hybridized carbons (Fsp3) is 0.188. The molecule has 4 rings (SSSR count). The molecule has 0 aliphatic heterocycles. The van der Waals surface area contributed by atoms with Gasteiger partial charge in [-0.1, -0.05) is 105 Å². The molecule has 0 aromatic heterocycles. The average molecular weight is 471 g/mol. The maximum Gasteiger partial charge on any atom is 0.167 e. The molecule has 4 aromatic rings. The van der Waals surface area contributed by atoms with Crippen LogP contribution < -0.4 is 0 Å². The smallest absolute Gasteiger partial charge is 0.167 e. The molecule has 0 bridgehead atoms. The Hall–Kier alpha value is -3.59. The number of aryl methyl sites for hydroxylation is 2. The van der Waals surface area contributed by atoms with Crippen molar-refractivity contribution in [1.29, 1.82) is 0 Å². The Labute approximate surface area is 205 Å². The van der Waals surface area contributed by atoms with E-state index in [1.54, 1.807) is 30.3 Å². The summed E-state index contributed by atoms with van der Waals surface area (Å²) in [5.41, 5.74) is 5.28. The molecule has 0 aliphatic rings. The fourth-order valence-electron chi connectivity index (χ4n) is 4.12. The van der Waals surface area contributed by atoms with Gasteiger partial charge in [0.05, 0.1) is 0 Å². The minimum atomic E-state index is -0.857. The van der Waals surface area contributed by atoms with Gasteiger partial charge in [0.2, 0.25) is 0 Å². The van der Waals surface area contributed by atoms with Crippen LogP contribution in [-0.2, 0) is 12.8 Å². The first kappa shape index (κ1) is 24.5. The van der Waals surface area contributed by atoms with E-state index >= 15 is 0 Å². The van der Waals surface area contributed by atoms with E-state index < -0.39 is 11.6 Å². The van der Waals surface area contributed by atoms with Crippen molar-refractivity contribution in [2.45, 2.75) is 39.5 Å². The Balaban J connectivity index is 1.51. The topological polar surface area (TPSA) is 0 Å². The summed E-state index contributed by atoms with van der Waals surface area (Å²) in [6, 6.07) is 23.3. The molecular formula is C32H29F3. The Kier molecular flexibility index (Phi) is 7.87. The van der Waals surface area contributed by atoms with Crippen LogP contribution in [0.15, 0.2) is 78.9 Å². The highest BCUT2D eigenvalue weighted by Crippen LogP contribution is 2.32. The van der Waals surface area contributed by atoms with Gasteiger partial charge in [0.25, 0.3) is 0 Å². The monoisotopic (exact) mass is 470 g/mol. The van der Waals surface area contributed by atoms with Crippen molar-refractivity contribution in [3.05, 3.63) is 119 Å². The van der Waals surface area contributed by atoms with Crippen LogP contribution in [0.3, 0.4) is 0 Å². The van der Waals surface area contributed by atoms with E-state index in [1.165, 1.54) is 0 Å². The molecule has 0 fully saturated rings. The summed E-state index contributed by atoms with van der Waals surface area (Å²) in [4.78, 5) is 0. The molecule has 0 atom stereocenters. The summed E-state index contributed by atoms with van der Waals surface area (Å²) in [7, 11) is 0. The maximum atomic E-state index is 15.0. The van der Waals surface area contributed by atoms with E-state index in [2.05, 4.69) is 13.8 Å². The van der Waals surface area contributed by atoms with E-state index in [0.717, 1.165) is 47.9 Å². The van der Waals surface area contributed by atoms with Gasteiger partial charge in [0, 0.05) is 11.1 Å². The van der Waals surface area contributed by atoms with Gasteiger partial charge in [-0.15, -0.1) is 0 Å².